The number of nitrogen functional groups attached to an aromatic ring is 1. The predicted molar refractivity (Wildman–Crippen MR) is 85.9 cm³/mol. The molecule has 0 unspecified atom stereocenters. The summed E-state index contributed by atoms with van der Waals surface area (Å²) in [6.45, 7) is 0.177. The lowest BCUT2D eigenvalue weighted by Crippen LogP contribution is -2.26. The summed E-state index contributed by atoms with van der Waals surface area (Å²) >= 11 is 0. The summed E-state index contributed by atoms with van der Waals surface area (Å²) in [5, 5.41) is 0. The molecule has 0 atom stereocenters. The van der Waals surface area contributed by atoms with E-state index in [0.717, 1.165) is 5.56 Å². The second-order valence-electron chi connectivity index (χ2n) is 5.33. The van der Waals surface area contributed by atoms with Gasteiger partial charge in [-0.05, 0) is 41.8 Å². The third-order valence-corrected chi connectivity index (χ3v) is 4.80. The largest absolute Gasteiger partial charge is 0.399 e. The minimum Gasteiger partial charge on any atom is -0.399 e. The molecular weight excluding hydrogens is 341 g/mol. The summed E-state index contributed by atoms with van der Waals surface area (Å²) in [6, 6.07) is 11.7. The van der Waals surface area contributed by atoms with E-state index < -0.39 is 22.6 Å². The van der Waals surface area contributed by atoms with Crippen LogP contribution in [0.5, 0.6) is 0 Å². The standard InChI is InChI=1S/C16H17F3N2O2S/c17-16(18,19)11-13-3-7-15(8-4-13)24(22,23)21-10-9-12-1-5-14(20)6-2-12/h1-8,21H,9-11,20H2. The van der Waals surface area contributed by atoms with Crippen LogP contribution in [0.25, 0.3) is 0 Å². The summed E-state index contributed by atoms with van der Waals surface area (Å²) in [4.78, 5) is -0.0641. The first-order valence-corrected chi connectivity index (χ1v) is 8.64. The average Bonchev–Trinajstić information content (AvgIpc) is 2.48. The first kappa shape index (κ1) is 18.3. The number of hydrogen-bond acceptors (Lipinski definition) is 3. The molecule has 0 aliphatic carbocycles. The van der Waals surface area contributed by atoms with E-state index >= 15 is 0 Å². The quantitative estimate of drug-likeness (QED) is 0.780. The van der Waals surface area contributed by atoms with E-state index in [2.05, 4.69) is 4.72 Å². The maximum absolute atomic E-state index is 12.3. The molecule has 0 spiro atoms. The van der Waals surface area contributed by atoms with Gasteiger partial charge in [0.15, 0.2) is 0 Å². The van der Waals surface area contributed by atoms with Crippen LogP contribution in [-0.2, 0) is 22.9 Å². The second kappa shape index (κ2) is 7.23. The van der Waals surface area contributed by atoms with E-state index in [1.165, 1.54) is 24.3 Å². The number of nitrogens with two attached hydrogens (primary N) is 1. The van der Waals surface area contributed by atoms with Crippen molar-refractivity contribution >= 4 is 15.7 Å². The molecule has 3 N–H and O–H groups in total. The van der Waals surface area contributed by atoms with Crippen LogP contribution in [0.4, 0.5) is 18.9 Å². The van der Waals surface area contributed by atoms with Crippen molar-refractivity contribution in [2.24, 2.45) is 0 Å². The van der Waals surface area contributed by atoms with E-state index in [-0.39, 0.29) is 17.0 Å². The fourth-order valence-corrected chi connectivity index (χ4v) is 3.15. The van der Waals surface area contributed by atoms with Gasteiger partial charge in [0.1, 0.15) is 0 Å². The maximum Gasteiger partial charge on any atom is 0.393 e. The first-order chi connectivity index (χ1) is 11.2. The molecule has 2 rings (SSSR count). The first-order valence-electron chi connectivity index (χ1n) is 7.15. The number of anilines is 1. The third-order valence-electron chi connectivity index (χ3n) is 3.32. The van der Waals surface area contributed by atoms with Crippen LogP contribution in [-0.4, -0.2) is 21.1 Å². The molecule has 0 saturated heterocycles. The highest BCUT2D eigenvalue weighted by Crippen LogP contribution is 2.22. The summed E-state index contributed by atoms with van der Waals surface area (Å²) in [5.41, 5.74) is 7.13. The van der Waals surface area contributed by atoms with Crippen molar-refractivity contribution in [3.05, 3.63) is 59.7 Å². The topological polar surface area (TPSA) is 72.2 Å². The Labute approximate surface area is 138 Å². The van der Waals surface area contributed by atoms with Crippen LogP contribution in [0.2, 0.25) is 0 Å². The van der Waals surface area contributed by atoms with E-state index in [0.29, 0.717) is 12.1 Å². The van der Waals surface area contributed by atoms with Crippen molar-refractivity contribution < 1.29 is 21.6 Å². The van der Waals surface area contributed by atoms with Crippen molar-refractivity contribution in [1.82, 2.24) is 4.72 Å². The minimum absolute atomic E-state index is 0.0170. The number of rotatable bonds is 6. The van der Waals surface area contributed by atoms with Gasteiger partial charge in [0.2, 0.25) is 10.0 Å². The highest BCUT2D eigenvalue weighted by atomic mass is 32.2. The fraction of sp³-hybridized carbons (Fsp3) is 0.250. The molecular formula is C16H17F3N2O2S. The number of alkyl halides is 3. The van der Waals surface area contributed by atoms with Gasteiger partial charge < -0.3 is 5.73 Å². The molecule has 0 bridgehead atoms. The van der Waals surface area contributed by atoms with Gasteiger partial charge in [0.05, 0.1) is 11.3 Å². The van der Waals surface area contributed by atoms with E-state index in [1.807, 2.05) is 0 Å². The summed E-state index contributed by atoms with van der Waals surface area (Å²) < 4.78 is 63.5. The molecule has 0 radical (unpaired) electrons. The van der Waals surface area contributed by atoms with Crippen LogP contribution >= 0.6 is 0 Å². The highest BCUT2D eigenvalue weighted by molar-refractivity contribution is 7.89. The van der Waals surface area contributed by atoms with Crippen LogP contribution in [0, 0.1) is 0 Å². The van der Waals surface area contributed by atoms with E-state index in [4.69, 9.17) is 5.73 Å². The molecule has 8 heteroatoms. The number of hydrogen-bond donors (Lipinski definition) is 2. The van der Waals surface area contributed by atoms with Gasteiger partial charge in [-0.1, -0.05) is 24.3 Å². The Kier molecular flexibility index (Phi) is 5.51. The normalized spacial score (nSPS) is 12.3. The monoisotopic (exact) mass is 358 g/mol. The van der Waals surface area contributed by atoms with Crippen LogP contribution in [0.1, 0.15) is 11.1 Å². The zero-order chi connectivity index (χ0) is 17.8. The lowest BCUT2D eigenvalue weighted by molar-refractivity contribution is -0.127. The van der Waals surface area contributed by atoms with Gasteiger partial charge in [0, 0.05) is 12.2 Å². The summed E-state index contributed by atoms with van der Waals surface area (Å²) in [5.74, 6) is 0. The molecule has 4 nitrogen and oxygen atoms in total. The molecule has 0 aromatic heterocycles. The molecule has 0 saturated carbocycles. The number of benzene rings is 2. The lowest BCUT2D eigenvalue weighted by Gasteiger charge is -2.09. The van der Waals surface area contributed by atoms with E-state index in [9.17, 15) is 21.6 Å². The Morgan fingerprint density at radius 3 is 2.00 bits per heavy atom. The van der Waals surface area contributed by atoms with Crippen molar-refractivity contribution in [2.75, 3.05) is 12.3 Å². The van der Waals surface area contributed by atoms with Gasteiger partial charge in [0.25, 0.3) is 0 Å². The molecule has 0 aliphatic rings. The maximum atomic E-state index is 12.3. The molecule has 0 aliphatic heterocycles. The number of halogens is 3. The smallest absolute Gasteiger partial charge is 0.393 e. The number of sulfonamides is 1. The third kappa shape index (κ3) is 5.54. The zero-order valence-corrected chi connectivity index (χ0v) is 13.5. The Bertz CT molecular complexity index is 770. The Morgan fingerprint density at radius 1 is 0.917 bits per heavy atom. The fourth-order valence-electron chi connectivity index (χ4n) is 2.12. The van der Waals surface area contributed by atoms with Crippen molar-refractivity contribution in [3.8, 4) is 0 Å². The molecule has 24 heavy (non-hydrogen) atoms. The average molecular weight is 358 g/mol. The van der Waals surface area contributed by atoms with Gasteiger partial charge in [-0.25, -0.2) is 13.1 Å². The van der Waals surface area contributed by atoms with Gasteiger partial charge in [-0.3, -0.25) is 0 Å². The lowest BCUT2D eigenvalue weighted by atomic mass is 10.1. The zero-order valence-electron chi connectivity index (χ0n) is 12.7. The molecule has 130 valence electrons. The van der Waals surface area contributed by atoms with Crippen molar-refractivity contribution in [2.45, 2.75) is 23.9 Å². The molecule has 2 aromatic carbocycles. The summed E-state index contributed by atoms with van der Waals surface area (Å²) in [7, 11) is -3.75. The Balaban J connectivity index is 1.95. The Hall–Kier alpha value is -2.06. The minimum atomic E-state index is -4.32. The van der Waals surface area contributed by atoms with Crippen LogP contribution in [0.15, 0.2) is 53.4 Å². The van der Waals surface area contributed by atoms with Gasteiger partial charge >= 0.3 is 6.18 Å². The van der Waals surface area contributed by atoms with E-state index in [1.54, 1.807) is 24.3 Å². The van der Waals surface area contributed by atoms with Gasteiger partial charge in [-0.2, -0.15) is 13.2 Å². The van der Waals surface area contributed by atoms with Crippen LogP contribution in [0.3, 0.4) is 0 Å². The van der Waals surface area contributed by atoms with Crippen molar-refractivity contribution in [1.29, 1.82) is 0 Å². The number of nitrogens with one attached hydrogen (secondary N) is 1. The molecule has 2 aromatic rings. The van der Waals surface area contributed by atoms with Gasteiger partial charge in [-0.15, -0.1) is 0 Å². The predicted octanol–water partition coefficient (Wildman–Crippen LogP) is 2.89. The van der Waals surface area contributed by atoms with Crippen molar-refractivity contribution in [3.63, 3.8) is 0 Å². The SMILES string of the molecule is Nc1ccc(CCNS(=O)(=O)c2ccc(CC(F)(F)F)cc2)cc1. The van der Waals surface area contributed by atoms with Crippen LogP contribution < -0.4 is 10.5 Å². The summed E-state index contributed by atoms with van der Waals surface area (Å²) in [6.07, 6.45) is -4.93. The second-order valence-corrected chi connectivity index (χ2v) is 7.09. The molecule has 0 fully saturated rings. The molecule has 0 amide bonds. The highest BCUT2D eigenvalue weighted by Gasteiger charge is 2.27. The Morgan fingerprint density at radius 2 is 1.46 bits per heavy atom. The molecule has 0 heterocycles.